The minimum Gasteiger partial charge on any atom is -0.481 e. The molecule has 0 heterocycles. The molecular weight excluding hydrogens is 214 g/mol. The van der Waals surface area contributed by atoms with E-state index in [1.807, 2.05) is 0 Å². The van der Waals surface area contributed by atoms with Gasteiger partial charge < -0.3 is 10.4 Å². The van der Waals surface area contributed by atoms with Crippen molar-refractivity contribution in [2.75, 3.05) is 11.9 Å². The van der Waals surface area contributed by atoms with Crippen molar-refractivity contribution >= 4 is 11.7 Å². The van der Waals surface area contributed by atoms with E-state index < -0.39 is 5.97 Å². The van der Waals surface area contributed by atoms with E-state index in [1.54, 1.807) is 0 Å². The number of unbranched alkanes of at least 4 members (excludes halogenated alkanes) is 1. The Bertz CT molecular complexity index is 374. The number of carboxylic acids is 1. The molecule has 94 valence electrons. The second kappa shape index (κ2) is 6.94. The maximum atomic E-state index is 10.4. The van der Waals surface area contributed by atoms with Gasteiger partial charge in [0.1, 0.15) is 0 Å². The number of hydrogen-bond donors (Lipinski definition) is 2. The van der Waals surface area contributed by atoms with Gasteiger partial charge in [-0.05, 0) is 37.3 Å². The Morgan fingerprint density at radius 1 is 1.35 bits per heavy atom. The first-order chi connectivity index (χ1) is 8.15. The highest BCUT2D eigenvalue weighted by molar-refractivity contribution is 5.66. The van der Waals surface area contributed by atoms with Gasteiger partial charge in [-0.15, -0.1) is 0 Å². The number of rotatable bonds is 7. The minimum absolute atomic E-state index is 0.260. The lowest BCUT2D eigenvalue weighted by Crippen LogP contribution is -2.06. The van der Waals surface area contributed by atoms with E-state index in [0.717, 1.165) is 25.8 Å². The summed E-state index contributed by atoms with van der Waals surface area (Å²) in [5.74, 6) is -0.713. The molecule has 0 unspecified atom stereocenters. The topological polar surface area (TPSA) is 49.3 Å². The summed E-state index contributed by atoms with van der Waals surface area (Å²) in [6.07, 6.45) is 2.90. The van der Waals surface area contributed by atoms with Gasteiger partial charge in [-0.25, -0.2) is 0 Å². The highest BCUT2D eigenvalue weighted by Gasteiger charge is 2.03. The fraction of sp³-hybridized carbons (Fsp3) is 0.500. The first-order valence-corrected chi connectivity index (χ1v) is 6.19. The van der Waals surface area contributed by atoms with Crippen LogP contribution in [0.3, 0.4) is 0 Å². The van der Waals surface area contributed by atoms with Crippen molar-refractivity contribution in [2.24, 2.45) is 0 Å². The molecule has 0 fully saturated rings. The third-order valence-electron chi connectivity index (χ3n) is 2.86. The zero-order valence-electron chi connectivity index (χ0n) is 10.6. The van der Waals surface area contributed by atoms with Crippen LogP contribution in [0.2, 0.25) is 0 Å². The Labute approximate surface area is 103 Å². The Morgan fingerprint density at radius 2 is 2.12 bits per heavy atom. The lowest BCUT2D eigenvalue weighted by molar-refractivity contribution is -0.137. The van der Waals surface area contributed by atoms with Crippen LogP contribution in [0.5, 0.6) is 0 Å². The van der Waals surface area contributed by atoms with Gasteiger partial charge in [0, 0.05) is 18.7 Å². The Balaban J connectivity index is 2.43. The molecular formula is C14H21NO2. The molecule has 0 bridgehead atoms. The predicted octanol–water partition coefficient (Wildman–Crippen LogP) is 3.22. The number of anilines is 1. The average molecular weight is 235 g/mol. The number of hydrogen-bond acceptors (Lipinski definition) is 2. The Kier molecular flexibility index (Phi) is 5.53. The zero-order chi connectivity index (χ0) is 12.7. The van der Waals surface area contributed by atoms with Crippen molar-refractivity contribution in [3.8, 4) is 0 Å². The van der Waals surface area contributed by atoms with E-state index in [-0.39, 0.29) is 6.42 Å². The summed E-state index contributed by atoms with van der Waals surface area (Å²) in [6.45, 7) is 5.08. The predicted molar refractivity (Wildman–Crippen MR) is 70.5 cm³/mol. The molecule has 2 N–H and O–H groups in total. The van der Waals surface area contributed by atoms with Gasteiger partial charge in [0.2, 0.25) is 0 Å². The first-order valence-electron chi connectivity index (χ1n) is 6.19. The number of para-hydroxylation sites is 1. The third-order valence-corrected chi connectivity index (χ3v) is 2.86. The number of aliphatic carboxylic acids is 1. The smallest absolute Gasteiger partial charge is 0.303 e. The van der Waals surface area contributed by atoms with Crippen LogP contribution >= 0.6 is 0 Å². The highest BCUT2D eigenvalue weighted by Crippen LogP contribution is 2.20. The van der Waals surface area contributed by atoms with Gasteiger partial charge in [0.15, 0.2) is 0 Å². The van der Waals surface area contributed by atoms with Gasteiger partial charge >= 0.3 is 5.97 Å². The second-order valence-corrected chi connectivity index (χ2v) is 4.24. The average Bonchev–Trinajstić information content (AvgIpc) is 2.30. The van der Waals surface area contributed by atoms with E-state index in [2.05, 4.69) is 37.4 Å². The van der Waals surface area contributed by atoms with E-state index in [4.69, 9.17) is 5.11 Å². The molecule has 1 aromatic carbocycles. The normalized spacial score (nSPS) is 10.2. The molecule has 0 aliphatic rings. The van der Waals surface area contributed by atoms with E-state index in [0.29, 0.717) is 0 Å². The molecule has 0 atom stereocenters. The number of aryl methyl sites for hydroxylation is 2. The lowest BCUT2D eigenvalue weighted by Gasteiger charge is -2.13. The molecule has 17 heavy (non-hydrogen) atoms. The van der Waals surface area contributed by atoms with Gasteiger partial charge in [0.25, 0.3) is 0 Å². The van der Waals surface area contributed by atoms with Crippen molar-refractivity contribution in [3.05, 3.63) is 29.3 Å². The van der Waals surface area contributed by atoms with E-state index in [1.165, 1.54) is 16.8 Å². The van der Waals surface area contributed by atoms with Crippen LogP contribution in [0.4, 0.5) is 5.69 Å². The number of carbonyl (C=O) groups is 1. The minimum atomic E-state index is -0.713. The van der Waals surface area contributed by atoms with E-state index in [9.17, 15) is 4.79 Å². The molecule has 0 saturated carbocycles. The van der Waals surface area contributed by atoms with Crippen LogP contribution in [0.25, 0.3) is 0 Å². The molecule has 0 aromatic heterocycles. The zero-order valence-corrected chi connectivity index (χ0v) is 10.6. The van der Waals surface area contributed by atoms with E-state index >= 15 is 0 Å². The Hall–Kier alpha value is -1.51. The summed E-state index contributed by atoms with van der Waals surface area (Å²) in [4.78, 5) is 10.4. The molecule has 0 aliphatic heterocycles. The molecule has 3 nitrogen and oxygen atoms in total. The van der Waals surface area contributed by atoms with Crippen LogP contribution in [-0.2, 0) is 11.2 Å². The highest BCUT2D eigenvalue weighted by atomic mass is 16.4. The molecule has 1 rings (SSSR count). The summed E-state index contributed by atoms with van der Waals surface area (Å²) < 4.78 is 0. The van der Waals surface area contributed by atoms with Crippen molar-refractivity contribution in [3.63, 3.8) is 0 Å². The fourth-order valence-electron chi connectivity index (χ4n) is 1.89. The molecule has 0 aliphatic carbocycles. The van der Waals surface area contributed by atoms with Crippen molar-refractivity contribution in [1.82, 2.24) is 0 Å². The van der Waals surface area contributed by atoms with Crippen molar-refractivity contribution < 1.29 is 9.90 Å². The molecule has 0 spiro atoms. The van der Waals surface area contributed by atoms with Crippen molar-refractivity contribution in [2.45, 2.75) is 39.5 Å². The summed E-state index contributed by atoms with van der Waals surface area (Å²) >= 11 is 0. The van der Waals surface area contributed by atoms with Gasteiger partial charge in [0.05, 0.1) is 0 Å². The van der Waals surface area contributed by atoms with Gasteiger partial charge in [-0.2, -0.15) is 0 Å². The van der Waals surface area contributed by atoms with Crippen molar-refractivity contribution in [1.29, 1.82) is 0 Å². The monoisotopic (exact) mass is 235 g/mol. The maximum absolute atomic E-state index is 10.4. The van der Waals surface area contributed by atoms with Gasteiger partial charge in [-0.1, -0.05) is 25.1 Å². The fourth-order valence-corrected chi connectivity index (χ4v) is 1.89. The summed E-state index contributed by atoms with van der Waals surface area (Å²) in [6, 6.07) is 6.30. The number of carboxylic acid groups (broad SMARTS) is 1. The second-order valence-electron chi connectivity index (χ2n) is 4.24. The quantitative estimate of drug-likeness (QED) is 0.713. The molecule has 0 amide bonds. The van der Waals surface area contributed by atoms with Crippen LogP contribution < -0.4 is 5.32 Å². The third kappa shape index (κ3) is 4.47. The largest absolute Gasteiger partial charge is 0.481 e. The lowest BCUT2D eigenvalue weighted by atomic mass is 10.1. The van der Waals surface area contributed by atoms with Crippen LogP contribution in [0.15, 0.2) is 18.2 Å². The van der Waals surface area contributed by atoms with Crippen LogP contribution in [0.1, 0.15) is 37.3 Å². The summed E-state index contributed by atoms with van der Waals surface area (Å²) in [7, 11) is 0. The SMILES string of the molecule is CCc1cccc(C)c1NCCCCC(=O)O. The Morgan fingerprint density at radius 3 is 2.76 bits per heavy atom. The molecule has 3 heteroatoms. The maximum Gasteiger partial charge on any atom is 0.303 e. The molecule has 0 saturated heterocycles. The van der Waals surface area contributed by atoms with Crippen LogP contribution in [0, 0.1) is 6.92 Å². The van der Waals surface area contributed by atoms with Gasteiger partial charge in [-0.3, -0.25) is 4.79 Å². The standard InChI is InChI=1S/C14H21NO2/c1-3-12-8-6-7-11(2)14(12)15-10-5-4-9-13(16)17/h6-8,15H,3-5,9-10H2,1-2H3,(H,16,17). The van der Waals surface area contributed by atoms with Crippen LogP contribution in [-0.4, -0.2) is 17.6 Å². The molecule has 0 radical (unpaired) electrons. The molecule has 1 aromatic rings. The number of benzene rings is 1. The summed E-state index contributed by atoms with van der Waals surface area (Å²) in [5.41, 5.74) is 3.79. The first kappa shape index (κ1) is 13.6. The number of nitrogens with one attached hydrogen (secondary N) is 1. The summed E-state index contributed by atoms with van der Waals surface area (Å²) in [5, 5.41) is 11.9.